The Labute approximate surface area is 176 Å². The molecule has 0 unspecified atom stereocenters. The van der Waals surface area contributed by atoms with E-state index in [-0.39, 0.29) is 24.7 Å². The summed E-state index contributed by atoms with van der Waals surface area (Å²) in [6.45, 7) is 5.77. The Hall–Kier alpha value is -2.86. The quantitative estimate of drug-likeness (QED) is 0.583. The molecule has 2 aromatic carbocycles. The predicted molar refractivity (Wildman–Crippen MR) is 116 cm³/mol. The molecular formula is C24H28N2O4. The SMILES string of the molecule is CC(C)c1ccc(N2CCC(O)(CC(=O)Nc3ccc4c(c3)OC(=O)C4)CC2)cc1. The van der Waals surface area contributed by atoms with E-state index in [1.807, 2.05) is 0 Å². The van der Waals surface area contributed by atoms with Crippen LogP contribution in [0, 0.1) is 0 Å². The van der Waals surface area contributed by atoms with Crippen LogP contribution in [0.1, 0.15) is 50.2 Å². The number of esters is 1. The summed E-state index contributed by atoms with van der Waals surface area (Å²) in [4.78, 5) is 26.1. The first kappa shape index (κ1) is 20.4. The molecule has 0 bridgehead atoms. The number of ether oxygens (including phenoxy) is 1. The van der Waals surface area contributed by atoms with Gasteiger partial charge < -0.3 is 20.1 Å². The van der Waals surface area contributed by atoms with Gasteiger partial charge in [-0.05, 0) is 42.5 Å². The molecule has 0 spiro atoms. The fourth-order valence-corrected chi connectivity index (χ4v) is 4.12. The summed E-state index contributed by atoms with van der Waals surface area (Å²) in [7, 11) is 0. The Bertz CT molecular complexity index is 944. The lowest BCUT2D eigenvalue weighted by molar-refractivity contribution is -0.131. The van der Waals surface area contributed by atoms with E-state index in [2.05, 4.69) is 48.3 Å². The summed E-state index contributed by atoms with van der Waals surface area (Å²) in [5.41, 5.74) is 2.84. The van der Waals surface area contributed by atoms with Crippen molar-refractivity contribution in [3.05, 3.63) is 53.6 Å². The second-order valence-electron chi connectivity index (χ2n) is 8.66. The van der Waals surface area contributed by atoms with E-state index in [1.165, 1.54) is 5.56 Å². The van der Waals surface area contributed by atoms with Crippen molar-refractivity contribution < 1.29 is 19.4 Å². The first-order chi connectivity index (χ1) is 14.3. The molecule has 0 atom stereocenters. The number of rotatable bonds is 5. The lowest BCUT2D eigenvalue weighted by Gasteiger charge is -2.39. The summed E-state index contributed by atoms with van der Waals surface area (Å²) < 4.78 is 5.13. The van der Waals surface area contributed by atoms with Gasteiger partial charge >= 0.3 is 5.97 Å². The second kappa shape index (κ2) is 8.11. The molecule has 0 aliphatic carbocycles. The largest absolute Gasteiger partial charge is 0.426 e. The minimum atomic E-state index is -1.01. The molecule has 30 heavy (non-hydrogen) atoms. The first-order valence-corrected chi connectivity index (χ1v) is 10.5. The fourth-order valence-electron chi connectivity index (χ4n) is 4.12. The van der Waals surface area contributed by atoms with Gasteiger partial charge in [0.2, 0.25) is 5.91 Å². The maximum Gasteiger partial charge on any atom is 0.315 e. The fraction of sp³-hybridized carbons (Fsp3) is 0.417. The number of fused-ring (bicyclic) bond motifs is 1. The number of anilines is 2. The standard InChI is InChI=1S/C24H28N2O4/c1-16(2)17-4-7-20(8-5-17)26-11-9-24(29,10-12-26)15-22(27)25-19-6-3-18-13-23(28)30-21(18)14-19/h3-8,14,16,29H,9-13,15H2,1-2H3,(H,25,27). The summed E-state index contributed by atoms with van der Waals surface area (Å²) in [6.07, 6.45) is 1.38. The minimum Gasteiger partial charge on any atom is -0.426 e. The molecule has 6 heteroatoms. The number of nitrogens with zero attached hydrogens (tertiary/aromatic N) is 1. The van der Waals surface area contributed by atoms with Crippen molar-refractivity contribution in [3.63, 3.8) is 0 Å². The molecule has 1 saturated heterocycles. The van der Waals surface area contributed by atoms with Gasteiger partial charge in [0.25, 0.3) is 0 Å². The monoisotopic (exact) mass is 408 g/mol. The smallest absolute Gasteiger partial charge is 0.315 e. The van der Waals surface area contributed by atoms with E-state index in [1.54, 1.807) is 18.2 Å². The maximum absolute atomic E-state index is 12.5. The Kier molecular flexibility index (Phi) is 5.52. The Balaban J connectivity index is 1.31. The van der Waals surface area contributed by atoms with Gasteiger partial charge in [-0.25, -0.2) is 0 Å². The van der Waals surface area contributed by atoms with Crippen molar-refractivity contribution in [1.29, 1.82) is 0 Å². The molecule has 0 aromatic heterocycles. The van der Waals surface area contributed by atoms with E-state index in [4.69, 9.17) is 4.74 Å². The minimum absolute atomic E-state index is 0.0456. The molecule has 0 saturated carbocycles. The normalized spacial score (nSPS) is 17.6. The Morgan fingerprint density at radius 2 is 1.87 bits per heavy atom. The highest BCUT2D eigenvalue weighted by Gasteiger charge is 2.34. The van der Waals surface area contributed by atoms with Crippen molar-refractivity contribution in [2.45, 2.75) is 51.0 Å². The third kappa shape index (κ3) is 4.49. The van der Waals surface area contributed by atoms with E-state index < -0.39 is 5.60 Å². The summed E-state index contributed by atoms with van der Waals surface area (Å²) in [5.74, 6) is 0.472. The van der Waals surface area contributed by atoms with Crippen LogP contribution in [0.3, 0.4) is 0 Å². The molecule has 2 N–H and O–H groups in total. The van der Waals surface area contributed by atoms with Crippen molar-refractivity contribution in [2.24, 2.45) is 0 Å². The van der Waals surface area contributed by atoms with Crippen LogP contribution in [0.15, 0.2) is 42.5 Å². The summed E-state index contributed by atoms with van der Waals surface area (Å²) in [5, 5.41) is 13.7. The van der Waals surface area contributed by atoms with Gasteiger partial charge in [-0.3, -0.25) is 9.59 Å². The highest BCUT2D eigenvalue weighted by Crippen LogP contribution is 2.32. The van der Waals surface area contributed by atoms with E-state index in [0.29, 0.717) is 43.3 Å². The number of amides is 1. The molecule has 1 fully saturated rings. The lowest BCUT2D eigenvalue weighted by atomic mass is 9.87. The third-order valence-corrected chi connectivity index (χ3v) is 6.02. The average molecular weight is 408 g/mol. The number of carbonyl (C=O) groups excluding carboxylic acids is 2. The van der Waals surface area contributed by atoms with Crippen LogP contribution in [-0.4, -0.2) is 35.7 Å². The van der Waals surface area contributed by atoms with E-state index >= 15 is 0 Å². The van der Waals surface area contributed by atoms with Gasteiger partial charge in [0.15, 0.2) is 0 Å². The molecule has 2 aliphatic heterocycles. The third-order valence-electron chi connectivity index (χ3n) is 6.02. The zero-order valence-corrected chi connectivity index (χ0v) is 17.5. The lowest BCUT2D eigenvalue weighted by Crippen LogP contribution is -2.46. The average Bonchev–Trinajstić information content (AvgIpc) is 3.07. The van der Waals surface area contributed by atoms with Crippen LogP contribution < -0.4 is 15.0 Å². The number of piperidine rings is 1. The van der Waals surface area contributed by atoms with Gasteiger partial charge in [-0.2, -0.15) is 0 Å². The Morgan fingerprint density at radius 3 is 2.53 bits per heavy atom. The van der Waals surface area contributed by atoms with Gasteiger partial charge in [-0.1, -0.05) is 32.0 Å². The maximum atomic E-state index is 12.5. The summed E-state index contributed by atoms with van der Waals surface area (Å²) in [6, 6.07) is 13.8. The van der Waals surface area contributed by atoms with Gasteiger partial charge in [0, 0.05) is 36.1 Å². The van der Waals surface area contributed by atoms with E-state index in [9.17, 15) is 14.7 Å². The van der Waals surface area contributed by atoms with Crippen molar-refractivity contribution in [3.8, 4) is 5.75 Å². The van der Waals surface area contributed by atoms with Crippen LogP contribution >= 0.6 is 0 Å². The van der Waals surface area contributed by atoms with Crippen LogP contribution in [-0.2, 0) is 16.0 Å². The molecule has 1 amide bonds. The highest BCUT2D eigenvalue weighted by atomic mass is 16.5. The molecule has 2 aromatic rings. The molecule has 6 nitrogen and oxygen atoms in total. The predicted octanol–water partition coefficient (Wildman–Crippen LogP) is 3.63. The molecule has 2 aliphatic rings. The Morgan fingerprint density at radius 1 is 1.17 bits per heavy atom. The van der Waals surface area contributed by atoms with Crippen LogP contribution in [0.4, 0.5) is 11.4 Å². The summed E-state index contributed by atoms with van der Waals surface area (Å²) >= 11 is 0. The number of aliphatic hydroxyl groups is 1. The van der Waals surface area contributed by atoms with Crippen molar-refractivity contribution in [2.75, 3.05) is 23.3 Å². The first-order valence-electron chi connectivity index (χ1n) is 10.5. The van der Waals surface area contributed by atoms with Gasteiger partial charge in [0.1, 0.15) is 5.75 Å². The molecule has 4 rings (SSSR count). The van der Waals surface area contributed by atoms with Crippen molar-refractivity contribution >= 4 is 23.3 Å². The van der Waals surface area contributed by atoms with Gasteiger partial charge in [0.05, 0.1) is 18.4 Å². The zero-order valence-electron chi connectivity index (χ0n) is 17.5. The number of carbonyl (C=O) groups is 2. The van der Waals surface area contributed by atoms with Crippen molar-refractivity contribution in [1.82, 2.24) is 0 Å². The van der Waals surface area contributed by atoms with E-state index in [0.717, 1.165) is 11.3 Å². The molecule has 0 radical (unpaired) electrons. The molecular weight excluding hydrogens is 380 g/mol. The zero-order chi connectivity index (χ0) is 21.3. The topological polar surface area (TPSA) is 78.9 Å². The molecule has 158 valence electrons. The van der Waals surface area contributed by atoms with Crippen LogP contribution in [0.25, 0.3) is 0 Å². The highest BCUT2D eigenvalue weighted by molar-refractivity contribution is 5.92. The number of benzene rings is 2. The molecule has 2 heterocycles. The van der Waals surface area contributed by atoms with Crippen LogP contribution in [0.5, 0.6) is 5.75 Å². The number of nitrogens with one attached hydrogen (secondary N) is 1. The number of hydrogen-bond donors (Lipinski definition) is 2. The number of hydrogen-bond acceptors (Lipinski definition) is 5. The van der Waals surface area contributed by atoms with Gasteiger partial charge in [-0.15, -0.1) is 0 Å². The van der Waals surface area contributed by atoms with Crippen LogP contribution in [0.2, 0.25) is 0 Å². The second-order valence-corrected chi connectivity index (χ2v) is 8.66.